The van der Waals surface area contributed by atoms with E-state index in [4.69, 9.17) is 4.42 Å². The van der Waals surface area contributed by atoms with Crippen LogP contribution in [-0.4, -0.2) is 17.2 Å². The van der Waals surface area contributed by atoms with E-state index in [1.54, 1.807) is 24.3 Å². The van der Waals surface area contributed by atoms with Gasteiger partial charge in [0.25, 0.3) is 5.91 Å². The zero-order valence-electron chi connectivity index (χ0n) is 11.0. The molecule has 0 atom stereocenters. The first kappa shape index (κ1) is 12.9. The molecule has 21 heavy (non-hydrogen) atoms. The van der Waals surface area contributed by atoms with Crippen molar-refractivity contribution in [3.05, 3.63) is 66.1 Å². The Balaban J connectivity index is 1.82. The Morgan fingerprint density at radius 1 is 1.14 bits per heavy atom. The normalized spacial score (nSPS) is 11.0. The Hall–Kier alpha value is -3.08. The number of nitrogens with one attached hydrogen (secondary N) is 1. The number of amides is 1. The quantitative estimate of drug-likeness (QED) is 0.572. The number of phenols is 1. The molecule has 5 heteroatoms. The third-order valence-corrected chi connectivity index (χ3v) is 3.01. The van der Waals surface area contributed by atoms with Crippen molar-refractivity contribution >= 4 is 22.9 Å². The summed E-state index contributed by atoms with van der Waals surface area (Å²) in [7, 11) is 0. The molecule has 2 N–H and O–H groups in total. The minimum absolute atomic E-state index is 0.0839. The smallest absolute Gasteiger partial charge is 0.275 e. The van der Waals surface area contributed by atoms with Crippen LogP contribution in [0.15, 0.2) is 64.3 Å². The van der Waals surface area contributed by atoms with Gasteiger partial charge in [-0.05, 0) is 35.0 Å². The monoisotopic (exact) mass is 280 g/mol. The number of fused-ring (bicyclic) bond motifs is 1. The maximum absolute atomic E-state index is 12.0. The third kappa shape index (κ3) is 2.76. The molecule has 3 rings (SSSR count). The highest BCUT2D eigenvalue weighted by atomic mass is 16.3. The van der Waals surface area contributed by atoms with E-state index in [0.717, 1.165) is 10.8 Å². The lowest BCUT2D eigenvalue weighted by atomic mass is 10.1. The first-order valence-corrected chi connectivity index (χ1v) is 6.33. The van der Waals surface area contributed by atoms with Gasteiger partial charge in [-0.2, -0.15) is 5.10 Å². The summed E-state index contributed by atoms with van der Waals surface area (Å²) in [5.41, 5.74) is 2.52. The van der Waals surface area contributed by atoms with Gasteiger partial charge in [0.2, 0.25) is 0 Å². The molecule has 0 saturated heterocycles. The van der Waals surface area contributed by atoms with E-state index in [1.807, 2.05) is 24.3 Å². The van der Waals surface area contributed by atoms with Crippen LogP contribution in [0.25, 0.3) is 10.8 Å². The van der Waals surface area contributed by atoms with Crippen LogP contribution in [-0.2, 0) is 0 Å². The second kappa shape index (κ2) is 5.50. The van der Waals surface area contributed by atoms with Gasteiger partial charge in [0.15, 0.2) is 0 Å². The summed E-state index contributed by atoms with van der Waals surface area (Å²) in [6, 6.07) is 14.1. The molecule has 0 fully saturated rings. The summed E-state index contributed by atoms with van der Waals surface area (Å²) < 4.78 is 5.05. The number of nitrogens with zero attached hydrogens (tertiary/aromatic N) is 1. The summed E-state index contributed by atoms with van der Waals surface area (Å²) in [5, 5.41) is 15.5. The fraction of sp³-hybridized carbons (Fsp3) is 0. The van der Waals surface area contributed by atoms with Crippen molar-refractivity contribution < 1.29 is 14.3 Å². The molecule has 0 aliphatic carbocycles. The highest BCUT2D eigenvalue weighted by molar-refractivity contribution is 6.01. The molecule has 104 valence electrons. The molecule has 3 aromatic rings. The molecular weight excluding hydrogens is 268 g/mol. The van der Waals surface area contributed by atoms with E-state index in [-0.39, 0.29) is 11.3 Å². The highest BCUT2D eigenvalue weighted by Gasteiger charge is 2.11. The van der Waals surface area contributed by atoms with Gasteiger partial charge < -0.3 is 9.52 Å². The van der Waals surface area contributed by atoms with Crippen molar-refractivity contribution in [2.24, 2.45) is 5.10 Å². The minimum atomic E-state index is -0.485. The summed E-state index contributed by atoms with van der Waals surface area (Å²) in [5.74, 6) is -0.0431. The highest BCUT2D eigenvalue weighted by Crippen LogP contribution is 2.24. The van der Waals surface area contributed by atoms with E-state index < -0.39 is 5.91 Å². The van der Waals surface area contributed by atoms with Crippen molar-refractivity contribution in [3.8, 4) is 5.75 Å². The zero-order valence-corrected chi connectivity index (χ0v) is 11.0. The second-order valence-electron chi connectivity index (χ2n) is 4.43. The number of benzene rings is 2. The predicted molar refractivity (Wildman–Crippen MR) is 79.4 cm³/mol. The van der Waals surface area contributed by atoms with Gasteiger partial charge in [-0.15, -0.1) is 0 Å². The van der Waals surface area contributed by atoms with Gasteiger partial charge in [-0.25, -0.2) is 5.43 Å². The van der Waals surface area contributed by atoms with E-state index in [0.29, 0.717) is 5.76 Å². The van der Waals surface area contributed by atoms with Gasteiger partial charge in [-0.1, -0.05) is 24.3 Å². The second-order valence-corrected chi connectivity index (χ2v) is 4.43. The van der Waals surface area contributed by atoms with Crippen molar-refractivity contribution in [3.63, 3.8) is 0 Å². The van der Waals surface area contributed by atoms with Crippen LogP contribution < -0.4 is 5.43 Å². The lowest BCUT2D eigenvalue weighted by Crippen LogP contribution is -2.17. The van der Waals surface area contributed by atoms with Gasteiger partial charge in [0, 0.05) is 0 Å². The maximum Gasteiger partial charge on any atom is 0.275 e. The van der Waals surface area contributed by atoms with Crippen LogP contribution in [0.5, 0.6) is 5.75 Å². The Labute approximate surface area is 120 Å². The summed E-state index contributed by atoms with van der Waals surface area (Å²) in [6.45, 7) is 0. The number of rotatable bonds is 3. The molecule has 0 aliphatic heterocycles. The fourth-order valence-electron chi connectivity index (χ4n) is 1.99. The van der Waals surface area contributed by atoms with Crippen molar-refractivity contribution in [1.82, 2.24) is 5.43 Å². The molecule has 1 heterocycles. The average molecular weight is 280 g/mol. The third-order valence-electron chi connectivity index (χ3n) is 3.01. The van der Waals surface area contributed by atoms with Gasteiger partial charge in [-0.3, -0.25) is 4.79 Å². The number of furan rings is 1. The molecule has 0 radical (unpaired) electrons. The predicted octanol–water partition coefficient (Wildman–Crippen LogP) is 2.90. The number of aromatic hydroxyl groups is 1. The Bertz CT molecular complexity index is 808. The lowest BCUT2D eigenvalue weighted by molar-refractivity contribution is 0.0952. The summed E-state index contributed by atoms with van der Waals surface area (Å²) in [4.78, 5) is 12.0. The van der Waals surface area contributed by atoms with Crippen LogP contribution in [0, 0.1) is 0 Å². The summed E-state index contributed by atoms with van der Waals surface area (Å²) in [6.07, 6.45) is 2.90. The molecule has 1 aromatic heterocycles. The molecule has 0 bridgehead atoms. The first-order valence-electron chi connectivity index (χ1n) is 6.33. The topological polar surface area (TPSA) is 74.8 Å². The van der Waals surface area contributed by atoms with E-state index in [2.05, 4.69) is 10.5 Å². The number of carbonyl (C=O) groups excluding carboxylic acids is 1. The molecule has 0 aliphatic rings. The van der Waals surface area contributed by atoms with Crippen LogP contribution in [0.3, 0.4) is 0 Å². The van der Waals surface area contributed by atoms with Crippen LogP contribution in [0.2, 0.25) is 0 Å². The van der Waals surface area contributed by atoms with Crippen LogP contribution in [0.4, 0.5) is 0 Å². The number of hydrogen-bond acceptors (Lipinski definition) is 4. The molecule has 0 spiro atoms. The van der Waals surface area contributed by atoms with Gasteiger partial charge in [0.05, 0.1) is 18.0 Å². The molecular formula is C16H12N2O3. The van der Waals surface area contributed by atoms with E-state index in [1.165, 1.54) is 12.5 Å². The molecule has 0 saturated carbocycles. The largest absolute Gasteiger partial charge is 0.507 e. The van der Waals surface area contributed by atoms with Crippen molar-refractivity contribution in [2.75, 3.05) is 0 Å². The number of hydrazone groups is 1. The SMILES string of the molecule is O=C(N/N=C\c1ccco1)c1cc2ccccc2cc1O. The minimum Gasteiger partial charge on any atom is -0.507 e. The number of phenolic OH excluding ortho intramolecular Hbond substituents is 1. The van der Waals surface area contributed by atoms with Crippen LogP contribution >= 0.6 is 0 Å². The number of hydrogen-bond donors (Lipinski definition) is 2. The average Bonchev–Trinajstić information content (AvgIpc) is 2.99. The van der Waals surface area contributed by atoms with E-state index >= 15 is 0 Å². The van der Waals surface area contributed by atoms with Crippen LogP contribution in [0.1, 0.15) is 16.1 Å². The zero-order chi connectivity index (χ0) is 14.7. The standard InChI is InChI=1S/C16H12N2O3/c19-15-9-12-5-2-1-4-11(12)8-14(15)16(20)18-17-10-13-6-3-7-21-13/h1-10,19H,(H,18,20)/b17-10-. The summed E-state index contributed by atoms with van der Waals surface area (Å²) >= 11 is 0. The van der Waals surface area contributed by atoms with E-state index in [9.17, 15) is 9.90 Å². The first-order chi connectivity index (χ1) is 10.2. The Morgan fingerprint density at radius 2 is 1.90 bits per heavy atom. The van der Waals surface area contributed by atoms with Crippen molar-refractivity contribution in [2.45, 2.75) is 0 Å². The molecule has 2 aromatic carbocycles. The molecule has 0 unspecified atom stereocenters. The number of carbonyl (C=O) groups is 1. The van der Waals surface area contributed by atoms with Gasteiger partial charge in [0.1, 0.15) is 11.5 Å². The lowest BCUT2D eigenvalue weighted by Gasteiger charge is -2.05. The van der Waals surface area contributed by atoms with Gasteiger partial charge >= 0.3 is 0 Å². The Morgan fingerprint density at radius 3 is 2.62 bits per heavy atom. The maximum atomic E-state index is 12.0. The van der Waals surface area contributed by atoms with Crippen molar-refractivity contribution in [1.29, 1.82) is 0 Å². The molecule has 5 nitrogen and oxygen atoms in total. The Kier molecular flexibility index (Phi) is 3.39. The molecule has 1 amide bonds. The fourth-order valence-corrected chi connectivity index (χ4v) is 1.99.